The van der Waals surface area contributed by atoms with E-state index in [-0.39, 0.29) is 18.0 Å². The minimum Gasteiger partial charge on any atom is -0.444 e. The molecule has 1 aromatic heterocycles. The highest BCUT2D eigenvalue weighted by Crippen LogP contribution is 2.30. The van der Waals surface area contributed by atoms with Crippen molar-refractivity contribution in [3.8, 4) is 0 Å². The molecule has 6 nitrogen and oxygen atoms in total. The largest absolute Gasteiger partial charge is 0.444 e. The molecule has 3 rings (SSSR count). The van der Waals surface area contributed by atoms with Crippen LogP contribution in [0.25, 0.3) is 0 Å². The lowest BCUT2D eigenvalue weighted by Crippen LogP contribution is -2.44. The number of amides is 2. The number of anilines is 1. The Bertz CT molecular complexity index is 899. The molecule has 8 heteroatoms. The Labute approximate surface area is 183 Å². The van der Waals surface area contributed by atoms with Crippen LogP contribution < -0.4 is 4.90 Å². The number of hydrogen-bond donors (Lipinski definition) is 0. The lowest BCUT2D eigenvalue weighted by molar-refractivity contribution is 0.0291. The molecule has 1 saturated heterocycles. The van der Waals surface area contributed by atoms with Gasteiger partial charge in [0.25, 0.3) is 5.91 Å². The van der Waals surface area contributed by atoms with E-state index in [9.17, 15) is 9.59 Å². The summed E-state index contributed by atoms with van der Waals surface area (Å²) in [5.41, 5.74) is -0.0579. The van der Waals surface area contributed by atoms with Crippen molar-refractivity contribution in [2.75, 3.05) is 18.0 Å². The average molecular weight is 481 g/mol. The summed E-state index contributed by atoms with van der Waals surface area (Å²) >= 11 is 9.76. The fraction of sp³-hybridized carbons (Fsp3) is 0.381. The molecule has 0 bridgehead atoms. The number of halogens is 2. The highest BCUT2D eigenvalue weighted by molar-refractivity contribution is 9.10. The van der Waals surface area contributed by atoms with Gasteiger partial charge in [-0.1, -0.05) is 27.5 Å². The van der Waals surface area contributed by atoms with Gasteiger partial charge in [0, 0.05) is 29.3 Å². The molecule has 154 valence electrons. The number of ether oxygens (including phenoxy) is 1. The van der Waals surface area contributed by atoms with Gasteiger partial charge in [-0.05, 0) is 63.6 Å². The number of hydrogen-bond acceptors (Lipinski definition) is 4. The summed E-state index contributed by atoms with van der Waals surface area (Å²) in [5.74, 6) is 0.173. The van der Waals surface area contributed by atoms with Gasteiger partial charge in [0.05, 0.1) is 11.1 Å². The van der Waals surface area contributed by atoms with Crippen molar-refractivity contribution in [1.29, 1.82) is 0 Å². The first-order chi connectivity index (χ1) is 13.7. The van der Waals surface area contributed by atoms with Crippen LogP contribution in [0.4, 0.5) is 10.6 Å². The minimum atomic E-state index is -0.577. The second-order valence-corrected chi connectivity index (χ2v) is 9.18. The third kappa shape index (κ3) is 5.28. The van der Waals surface area contributed by atoms with Gasteiger partial charge in [0.2, 0.25) is 0 Å². The van der Waals surface area contributed by atoms with Crippen LogP contribution in [0.1, 0.15) is 37.6 Å². The van der Waals surface area contributed by atoms with Gasteiger partial charge >= 0.3 is 6.09 Å². The molecule has 29 heavy (non-hydrogen) atoms. The van der Waals surface area contributed by atoms with E-state index in [1.54, 1.807) is 40.3 Å². The van der Waals surface area contributed by atoms with Crippen molar-refractivity contribution in [3.63, 3.8) is 0 Å². The van der Waals surface area contributed by atoms with Crippen molar-refractivity contribution in [3.05, 3.63) is 57.7 Å². The summed E-state index contributed by atoms with van der Waals surface area (Å²) in [7, 11) is 0. The highest BCUT2D eigenvalue weighted by Gasteiger charge is 2.37. The van der Waals surface area contributed by atoms with Crippen LogP contribution in [-0.2, 0) is 4.74 Å². The topological polar surface area (TPSA) is 62.7 Å². The number of nitrogens with zero attached hydrogens (tertiary/aromatic N) is 3. The second kappa shape index (κ2) is 8.71. The van der Waals surface area contributed by atoms with E-state index >= 15 is 0 Å². The predicted molar refractivity (Wildman–Crippen MR) is 116 cm³/mol. The number of rotatable bonds is 3. The molecule has 1 fully saturated rings. The molecule has 1 unspecified atom stereocenters. The smallest absolute Gasteiger partial charge is 0.410 e. The zero-order valence-electron chi connectivity index (χ0n) is 16.6. The fourth-order valence-electron chi connectivity index (χ4n) is 3.17. The SMILES string of the molecule is CC(C)(C)OC(=O)N1CCC(N(C(=O)c2ccc(Br)cc2)c2ncccc2Cl)C1. The van der Waals surface area contributed by atoms with E-state index < -0.39 is 5.60 Å². The molecular weight excluding hydrogens is 458 g/mol. The summed E-state index contributed by atoms with van der Waals surface area (Å²) in [4.78, 5) is 33.4. The van der Waals surface area contributed by atoms with Gasteiger partial charge in [-0.3, -0.25) is 9.69 Å². The van der Waals surface area contributed by atoms with Crippen LogP contribution in [0.3, 0.4) is 0 Å². The fourth-order valence-corrected chi connectivity index (χ4v) is 3.64. The van der Waals surface area contributed by atoms with E-state index in [0.717, 1.165) is 4.47 Å². The zero-order chi connectivity index (χ0) is 21.2. The number of benzene rings is 1. The van der Waals surface area contributed by atoms with Gasteiger partial charge < -0.3 is 9.64 Å². The molecule has 2 aromatic rings. The molecular formula is C21H23BrClN3O3. The Morgan fingerprint density at radius 2 is 1.93 bits per heavy atom. The third-order valence-corrected chi connectivity index (χ3v) is 5.28. The van der Waals surface area contributed by atoms with E-state index in [4.69, 9.17) is 16.3 Å². The quantitative estimate of drug-likeness (QED) is 0.609. The van der Waals surface area contributed by atoms with Crippen LogP contribution in [0.5, 0.6) is 0 Å². The minimum absolute atomic E-state index is 0.214. The number of likely N-dealkylation sites (tertiary alicyclic amines) is 1. The summed E-state index contributed by atoms with van der Waals surface area (Å²) in [6, 6.07) is 10.3. The summed E-state index contributed by atoms with van der Waals surface area (Å²) < 4.78 is 6.36. The first-order valence-corrected chi connectivity index (χ1v) is 10.5. The van der Waals surface area contributed by atoms with Crippen molar-refractivity contribution in [2.24, 2.45) is 0 Å². The maximum Gasteiger partial charge on any atom is 0.410 e. The molecule has 1 atom stereocenters. The molecule has 0 spiro atoms. The van der Waals surface area contributed by atoms with E-state index in [0.29, 0.717) is 35.9 Å². The Balaban J connectivity index is 1.88. The molecule has 0 radical (unpaired) electrons. The standard InChI is InChI=1S/C21H23BrClN3O3/c1-21(2,3)29-20(28)25-12-10-16(13-25)26(18-17(23)5-4-11-24-18)19(27)14-6-8-15(22)9-7-14/h4-9,11,16H,10,12-13H2,1-3H3. The molecule has 0 saturated carbocycles. The van der Waals surface area contributed by atoms with Gasteiger partial charge in [-0.2, -0.15) is 0 Å². The monoisotopic (exact) mass is 479 g/mol. The van der Waals surface area contributed by atoms with Gasteiger partial charge in [-0.15, -0.1) is 0 Å². The molecule has 2 heterocycles. The predicted octanol–water partition coefficient (Wildman–Crippen LogP) is 5.15. The summed E-state index contributed by atoms with van der Waals surface area (Å²) in [6.45, 7) is 6.33. The van der Waals surface area contributed by atoms with Crippen LogP contribution in [-0.4, -0.2) is 46.6 Å². The molecule has 1 aliphatic heterocycles. The van der Waals surface area contributed by atoms with Gasteiger partial charge in [0.1, 0.15) is 5.60 Å². The molecule has 1 aromatic carbocycles. The van der Waals surface area contributed by atoms with Crippen LogP contribution in [0, 0.1) is 0 Å². The van der Waals surface area contributed by atoms with E-state index in [2.05, 4.69) is 20.9 Å². The molecule has 0 N–H and O–H groups in total. The van der Waals surface area contributed by atoms with Crippen molar-refractivity contribution < 1.29 is 14.3 Å². The Kier molecular flexibility index (Phi) is 6.49. The number of aromatic nitrogens is 1. The lowest BCUT2D eigenvalue weighted by Gasteiger charge is -2.29. The first-order valence-electron chi connectivity index (χ1n) is 9.33. The Morgan fingerprint density at radius 3 is 2.55 bits per heavy atom. The van der Waals surface area contributed by atoms with Crippen LogP contribution in [0.15, 0.2) is 47.1 Å². The van der Waals surface area contributed by atoms with Crippen molar-refractivity contribution >= 4 is 45.3 Å². The van der Waals surface area contributed by atoms with Crippen LogP contribution in [0.2, 0.25) is 5.02 Å². The number of carbonyl (C=O) groups is 2. The normalized spacial score (nSPS) is 16.6. The zero-order valence-corrected chi connectivity index (χ0v) is 18.9. The van der Waals surface area contributed by atoms with Crippen molar-refractivity contribution in [2.45, 2.75) is 38.8 Å². The number of pyridine rings is 1. The second-order valence-electron chi connectivity index (χ2n) is 7.86. The summed E-state index contributed by atoms with van der Waals surface area (Å²) in [6.07, 6.45) is 1.82. The maximum absolute atomic E-state index is 13.4. The molecule has 1 aliphatic rings. The molecule has 0 aliphatic carbocycles. The Hall–Kier alpha value is -2.12. The van der Waals surface area contributed by atoms with E-state index in [1.165, 1.54) is 0 Å². The Morgan fingerprint density at radius 1 is 1.24 bits per heavy atom. The highest BCUT2D eigenvalue weighted by atomic mass is 79.9. The number of carbonyl (C=O) groups excluding carboxylic acids is 2. The van der Waals surface area contributed by atoms with Gasteiger partial charge in [0.15, 0.2) is 5.82 Å². The molecule has 2 amide bonds. The van der Waals surface area contributed by atoms with E-state index in [1.807, 2.05) is 32.9 Å². The summed E-state index contributed by atoms with van der Waals surface area (Å²) in [5, 5.41) is 0.383. The average Bonchev–Trinajstić information content (AvgIpc) is 3.12. The third-order valence-electron chi connectivity index (χ3n) is 4.46. The van der Waals surface area contributed by atoms with Crippen molar-refractivity contribution in [1.82, 2.24) is 9.88 Å². The lowest BCUT2D eigenvalue weighted by atomic mass is 10.1. The maximum atomic E-state index is 13.4. The van der Waals surface area contributed by atoms with Crippen LogP contribution >= 0.6 is 27.5 Å². The first kappa shape index (κ1) is 21.6. The van der Waals surface area contributed by atoms with Gasteiger partial charge in [-0.25, -0.2) is 9.78 Å².